The van der Waals surface area contributed by atoms with Gasteiger partial charge in [0.1, 0.15) is 5.78 Å². The molecule has 0 aromatic carbocycles. The summed E-state index contributed by atoms with van der Waals surface area (Å²) < 4.78 is 0. The minimum atomic E-state index is -0.0490. The summed E-state index contributed by atoms with van der Waals surface area (Å²) in [6, 6.07) is 0. The van der Waals surface area contributed by atoms with Gasteiger partial charge < -0.3 is 5.11 Å². The fourth-order valence-corrected chi connectivity index (χ4v) is 7.90. The molecule has 1 N–H and O–H groups in total. The van der Waals surface area contributed by atoms with E-state index in [1.807, 2.05) is 6.92 Å². The van der Waals surface area contributed by atoms with Crippen molar-refractivity contribution in [2.75, 3.05) is 0 Å². The third-order valence-electron chi connectivity index (χ3n) is 9.13. The molecule has 0 radical (unpaired) electrons. The van der Waals surface area contributed by atoms with Crippen molar-refractivity contribution < 1.29 is 9.90 Å². The standard InChI is InChI=1S/C21H34O2/c1-13(22)17-6-7-18-16-5-4-14-12-15(23)8-10-20(14,2)19(16)9-11-21(17,18)3/h14-19,23H,4-12H2,1-3H3/t14-,15+,16?,17-,18?,19?,20-,21+/m0/s1. The zero-order chi connectivity index (χ0) is 16.4. The maximum atomic E-state index is 12.2. The maximum absolute atomic E-state index is 12.2. The molecule has 4 saturated carbocycles. The first kappa shape index (κ1) is 16.1. The van der Waals surface area contributed by atoms with E-state index < -0.39 is 0 Å². The largest absolute Gasteiger partial charge is 0.393 e. The highest BCUT2D eigenvalue weighted by molar-refractivity contribution is 5.79. The van der Waals surface area contributed by atoms with Crippen molar-refractivity contribution in [1.82, 2.24) is 0 Å². The highest BCUT2D eigenvalue weighted by atomic mass is 16.3. The van der Waals surface area contributed by atoms with Gasteiger partial charge in [-0.1, -0.05) is 13.8 Å². The Morgan fingerprint density at radius 3 is 2.35 bits per heavy atom. The number of ketones is 1. The van der Waals surface area contributed by atoms with Crippen molar-refractivity contribution in [1.29, 1.82) is 0 Å². The molecule has 4 aliphatic rings. The third-order valence-corrected chi connectivity index (χ3v) is 9.13. The van der Waals surface area contributed by atoms with Gasteiger partial charge in [0, 0.05) is 5.92 Å². The number of rotatable bonds is 1. The quantitative estimate of drug-likeness (QED) is 0.767. The number of aliphatic hydroxyl groups is 1. The summed E-state index contributed by atoms with van der Waals surface area (Å²) in [5.74, 6) is 3.97. The molecule has 8 atom stereocenters. The lowest BCUT2D eigenvalue weighted by Gasteiger charge is -2.60. The van der Waals surface area contributed by atoms with Crippen LogP contribution in [-0.2, 0) is 4.79 Å². The Bertz CT molecular complexity index is 500. The number of aliphatic hydroxyl groups excluding tert-OH is 1. The summed E-state index contributed by atoms with van der Waals surface area (Å²) in [4.78, 5) is 12.2. The molecule has 0 amide bonds. The molecule has 0 aliphatic heterocycles. The average molecular weight is 319 g/mol. The van der Waals surface area contributed by atoms with Gasteiger partial charge in [0.25, 0.3) is 0 Å². The van der Waals surface area contributed by atoms with E-state index >= 15 is 0 Å². The van der Waals surface area contributed by atoms with Crippen molar-refractivity contribution >= 4 is 5.78 Å². The fourth-order valence-electron chi connectivity index (χ4n) is 7.90. The first-order chi connectivity index (χ1) is 10.9. The van der Waals surface area contributed by atoms with E-state index in [0.29, 0.717) is 17.1 Å². The predicted molar refractivity (Wildman–Crippen MR) is 91.9 cm³/mol. The van der Waals surface area contributed by atoms with E-state index in [9.17, 15) is 9.90 Å². The van der Waals surface area contributed by atoms with E-state index in [1.54, 1.807) is 0 Å². The van der Waals surface area contributed by atoms with Gasteiger partial charge in [-0.25, -0.2) is 0 Å². The molecule has 0 bridgehead atoms. The molecule has 4 rings (SSSR count). The van der Waals surface area contributed by atoms with Crippen LogP contribution in [0.25, 0.3) is 0 Å². The van der Waals surface area contributed by atoms with Crippen molar-refractivity contribution in [3.63, 3.8) is 0 Å². The van der Waals surface area contributed by atoms with Gasteiger partial charge in [-0.15, -0.1) is 0 Å². The lowest BCUT2D eigenvalue weighted by atomic mass is 9.44. The van der Waals surface area contributed by atoms with Gasteiger partial charge in [0.2, 0.25) is 0 Å². The lowest BCUT2D eigenvalue weighted by Crippen LogP contribution is -2.54. The minimum Gasteiger partial charge on any atom is -0.393 e. The summed E-state index contributed by atoms with van der Waals surface area (Å²) in [5, 5.41) is 10.1. The lowest BCUT2D eigenvalue weighted by molar-refractivity contribution is -0.138. The monoisotopic (exact) mass is 318 g/mol. The molecule has 0 saturated heterocycles. The SMILES string of the molecule is CC(=O)[C@@H]1CCC2C3CC[C@H]4C[C@H](O)CC[C@]4(C)C3CC[C@@]21C. The second kappa shape index (κ2) is 5.31. The summed E-state index contributed by atoms with van der Waals surface area (Å²) in [7, 11) is 0. The molecule has 0 aromatic heterocycles. The van der Waals surface area contributed by atoms with Crippen LogP contribution in [0.4, 0.5) is 0 Å². The van der Waals surface area contributed by atoms with Crippen molar-refractivity contribution in [2.24, 2.45) is 40.4 Å². The number of hydrogen-bond donors (Lipinski definition) is 1. The van der Waals surface area contributed by atoms with E-state index in [4.69, 9.17) is 0 Å². The van der Waals surface area contributed by atoms with Crippen molar-refractivity contribution in [3.05, 3.63) is 0 Å². The van der Waals surface area contributed by atoms with E-state index in [0.717, 1.165) is 42.9 Å². The summed E-state index contributed by atoms with van der Waals surface area (Å²) in [6.45, 7) is 6.80. The van der Waals surface area contributed by atoms with Crippen molar-refractivity contribution in [3.8, 4) is 0 Å². The second-order valence-electron chi connectivity index (χ2n) is 9.87. The van der Waals surface area contributed by atoms with Crippen LogP contribution in [0.2, 0.25) is 0 Å². The van der Waals surface area contributed by atoms with Gasteiger partial charge in [-0.2, -0.15) is 0 Å². The molecule has 3 unspecified atom stereocenters. The van der Waals surface area contributed by atoms with Crippen LogP contribution in [0.15, 0.2) is 0 Å². The van der Waals surface area contributed by atoms with Crippen LogP contribution < -0.4 is 0 Å². The molecule has 130 valence electrons. The summed E-state index contributed by atoms with van der Waals surface area (Å²) in [6.07, 6.45) is 10.9. The smallest absolute Gasteiger partial charge is 0.133 e. The van der Waals surface area contributed by atoms with Gasteiger partial charge in [0.05, 0.1) is 6.10 Å². The molecule has 2 heteroatoms. The van der Waals surface area contributed by atoms with Crippen LogP contribution in [-0.4, -0.2) is 17.0 Å². The number of Topliss-reactive ketones (excluding diaryl/α,β-unsaturated/α-hetero) is 1. The topological polar surface area (TPSA) is 37.3 Å². The number of fused-ring (bicyclic) bond motifs is 5. The molecule has 23 heavy (non-hydrogen) atoms. The zero-order valence-electron chi connectivity index (χ0n) is 15.2. The summed E-state index contributed by atoms with van der Waals surface area (Å²) >= 11 is 0. The average Bonchev–Trinajstić information content (AvgIpc) is 2.85. The number of carbonyl (C=O) groups is 1. The Labute approximate surface area is 141 Å². The van der Waals surface area contributed by atoms with E-state index in [-0.39, 0.29) is 11.5 Å². The van der Waals surface area contributed by atoms with Gasteiger partial charge in [0.15, 0.2) is 0 Å². The van der Waals surface area contributed by atoms with Gasteiger partial charge in [-0.05, 0) is 99.2 Å². The maximum Gasteiger partial charge on any atom is 0.133 e. The van der Waals surface area contributed by atoms with E-state index in [2.05, 4.69) is 13.8 Å². The van der Waals surface area contributed by atoms with Crippen LogP contribution in [0.1, 0.15) is 78.6 Å². The molecule has 4 aliphatic carbocycles. The highest BCUT2D eigenvalue weighted by Gasteiger charge is 2.60. The Morgan fingerprint density at radius 2 is 1.61 bits per heavy atom. The fraction of sp³-hybridized carbons (Fsp3) is 0.952. The number of hydrogen-bond acceptors (Lipinski definition) is 2. The molecule has 0 heterocycles. The molecular formula is C21H34O2. The number of carbonyl (C=O) groups excluding carboxylic acids is 1. The normalized spacial score (nSPS) is 55.7. The predicted octanol–water partition coefficient (Wildman–Crippen LogP) is 4.60. The molecule has 0 aromatic rings. The molecular weight excluding hydrogens is 284 g/mol. The Morgan fingerprint density at radius 1 is 0.913 bits per heavy atom. The molecule has 0 spiro atoms. The van der Waals surface area contributed by atoms with Crippen LogP contribution in [0, 0.1) is 40.4 Å². The minimum absolute atomic E-state index is 0.0490. The van der Waals surface area contributed by atoms with Crippen LogP contribution in [0.5, 0.6) is 0 Å². The van der Waals surface area contributed by atoms with Crippen LogP contribution >= 0.6 is 0 Å². The first-order valence-corrected chi connectivity index (χ1v) is 10.0. The van der Waals surface area contributed by atoms with Gasteiger partial charge in [-0.3, -0.25) is 4.79 Å². The van der Waals surface area contributed by atoms with Crippen molar-refractivity contribution in [2.45, 2.75) is 84.7 Å². The van der Waals surface area contributed by atoms with E-state index in [1.165, 1.54) is 38.5 Å². The Balaban J connectivity index is 1.61. The van der Waals surface area contributed by atoms with Gasteiger partial charge >= 0.3 is 0 Å². The second-order valence-corrected chi connectivity index (χ2v) is 9.87. The third kappa shape index (κ3) is 2.19. The molecule has 4 fully saturated rings. The first-order valence-electron chi connectivity index (χ1n) is 10.0. The summed E-state index contributed by atoms with van der Waals surface area (Å²) in [5.41, 5.74) is 0.738. The zero-order valence-corrected chi connectivity index (χ0v) is 15.2. The van der Waals surface area contributed by atoms with Crippen LogP contribution in [0.3, 0.4) is 0 Å². The Kier molecular flexibility index (Phi) is 3.72. The highest BCUT2D eigenvalue weighted by Crippen LogP contribution is 2.67. The Hall–Kier alpha value is -0.370. The molecule has 2 nitrogen and oxygen atoms in total.